The van der Waals surface area contributed by atoms with Gasteiger partial charge in [0.15, 0.2) is 5.96 Å². The molecule has 4 unspecified atom stereocenters. The Bertz CT molecular complexity index is 814. The van der Waals surface area contributed by atoms with Crippen LogP contribution < -0.4 is 33.6 Å². The Morgan fingerprint density at radius 1 is 1.06 bits per heavy atom. The maximum Gasteiger partial charge on any atom is 0.326 e. The molecule has 0 aromatic carbocycles. The average Bonchev–Trinajstić information content (AvgIpc) is 3.27. The fourth-order valence-electron chi connectivity index (χ4n) is 3.71. The number of aliphatic imine (C=N–C) groups is 1. The molecule has 11 N–H and O–H groups in total. The van der Waals surface area contributed by atoms with Crippen molar-refractivity contribution >= 4 is 35.6 Å². The van der Waals surface area contributed by atoms with E-state index in [0.717, 1.165) is 0 Å². The number of likely N-dealkylation sites (tertiary alicyclic amines) is 1. The number of carboxylic acid groups (broad SMARTS) is 1. The standard InChI is InChI=1S/C21H38N8O6/c1-11(2)16(19(33)29-10-4-6-14(29)20(34)35)28-18(32)13(5-3-9-26-21(24)25)27-17(31)12(22)7-8-15(23)30/h11-14,16H,3-10,22H2,1-2H3,(H2,23,30)(H,27,31)(H,28,32)(H,34,35)(H4,24,25,26). The van der Waals surface area contributed by atoms with E-state index < -0.39 is 53.8 Å². The number of rotatable bonds is 14. The Morgan fingerprint density at radius 3 is 2.26 bits per heavy atom. The maximum atomic E-state index is 13.1. The molecular formula is C21H38N8O6. The minimum atomic E-state index is -1.10. The molecule has 0 spiro atoms. The SMILES string of the molecule is CC(C)C(NC(=O)C(CCCN=C(N)N)NC(=O)C(N)CCC(N)=O)C(=O)N1CCCC1C(=O)O. The molecule has 0 saturated carbocycles. The third kappa shape index (κ3) is 9.76. The van der Waals surface area contributed by atoms with Crippen LogP contribution in [0.1, 0.15) is 52.4 Å². The van der Waals surface area contributed by atoms with Gasteiger partial charge in [-0.2, -0.15) is 0 Å². The third-order valence-corrected chi connectivity index (χ3v) is 5.67. The second-order valence-corrected chi connectivity index (χ2v) is 8.88. The summed E-state index contributed by atoms with van der Waals surface area (Å²) < 4.78 is 0. The largest absolute Gasteiger partial charge is 0.480 e. The van der Waals surface area contributed by atoms with Gasteiger partial charge in [0, 0.05) is 19.5 Å². The van der Waals surface area contributed by atoms with Crippen LogP contribution in [0.15, 0.2) is 4.99 Å². The van der Waals surface area contributed by atoms with Crippen LogP contribution in [0.5, 0.6) is 0 Å². The van der Waals surface area contributed by atoms with Gasteiger partial charge in [-0.05, 0) is 38.0 Å². The van der Waals surface area contributed by atoms with Crippen LogP contribution in [0.4, 0.5) is 0 Å². The summed E-state index contributed by atoms with van der Waals surface area (Å²) in [7, 11) is 0. The number of hydrogen-bond acceptors (Lipinski definition) is 7. The van der Waals surface area contributed by atoms with Gasteiger partial charge in [-0.25, -0.2) is 4.79 Å². The van der Waals surface area contributed by atoms with E-state index in [4.69, 9.17) is 22.9 Å². The minimum absolute atomic E-state index is 0.00213. The number of carbonyl (C=O) groups is 5. The molecule has 0 radical (unpaired) electrons. The van der Waals surface area contributed by atoms with E-state index in [1.165, 1.54) is 4.90 Å². The number of guanidine groups is 1. The van der Waals surface area contributed by atoms with Crippen molar-refractivity contribution in [1.82, 2.24) is 15.5 Å². The highest BCUT2D eigenvalue weighted by molar-refractivity contribution is 5.94. The zero-order valence-electron chi connectivity index (χ0n) is 20.2. The van der Waals surface area contributed by atoms with Gasteiger partial charge in [0.05, 0.1) is 6.04 Å². The smallest absolute Gasteiger partial charge is 0.326 e. The summed E-state index contributed by atoms with van der Waals surface area (Å²) >= 11 is 0. The highest BCUT2D eigenvalue weighted by Crippen LogP contribution is 2.20. The first-order valence-electron chi connectivity index (χ1n) is 11.6. The van der Waals surface area contributed by atoms with E-state index in [2.05, 4.69) is 15.6 Å². The van der Waals surface area contributed by atoms with Crippen molar-refractivity contribution in [2.45, 2.75) is 76.5 Å². The lowest BCUT2D eigenvalue weighted by Gasteiger charge is -2.30. The monoisotopic (exact) mass is 498 g/mol. The number of nitrogens with one attached hydrogen (secondary N) is 2. The normalized spacial score (nSPS) is 17.8. The number of carboxylic acids is 1. The maximum absolute atomic E-state index is 13.1. The molecule has 0 bridgehead atoms. The fraction of sp³-hybridized carbons (Fsp3) is 0.714. The summed E-state index contributed by atoms with van der Waals surface area (Å²) in [5.74, 6) is -3.97. The Kier molecular flexibility index (Phi) is 11.9. The molecule has 4 atom stereocenters. The van der Waals surface area contributed by atoms with Crippen molar-refractivity contribution in [3.05, 3.63) is 0 Å². The Labute approximate surface area is 204 Å². The number of nitrogens with zero attached hydrogens (tertiary/aromatic N) is 2. The molecule has 0 aromatic rings. The summed E-state index contributed by atoms with van der Waals surface area (Å²) in [6, 6.07) is -4.08. The second kappa shape index (κ2) is 14.1. The molecule has 1 aliphatic heterocycles. The first kappa shape index (κ1) is 29.6. The van der Waals surface area contributed by atoms with Gasteiger partial charge in [-0.1, -0.05) is 13.8 Å². The van der Waals surface area contributed by atoms with Crippen LogP contribution in [0, 0.1) is 5.92 Å². The molecular weight excluding hydrogens is 460 g/mol. The number of nitrogens with two attached hydrogens (primary N) is 4. The van der Waals surface area contributed by atoms with Crippen LogP contribution in [0.3, 0.4) is 0 Å². The number of aliphatic carboxylic acids is 1. The molecule has 0 aliphatic carbocycles. The van der Waals surface area contributed by atoms with Gasteiger partial charge < -0.3 is 43.6 Å². The Morgan fingerprint density at radius 2 is 1.71 bits per heavy atom. The molecule has 14 heteroatoms. The lowest BCUT2D eigenvalue weighted by Crippen LogP contribution is -2.58. The zero-order valence-corrected chi connectivity index (χ0v) is 20.2. The number of amides is 4. The van der Waals surface area contributed by atoms with Crippen LogP contribution in [0.2, 0.25) is 0 Å². The van der Waals surface area contributed by atoms with Crippen molar-refractivity contribution in [3.63, 3.8) is 0 Å². The minimum Gasteiger partial charge on any atom is -0.480 e. The molecule has 14 nitrogen and oxygen atoms in total. The van der Waals surface area contributed by atoms with E-state index in [0.29, 0.717) is 19.3 Å². The van der Waals surface area contributed by atoms with E-state index in [1.807, 2.05) is 0 Å². The van der Waals surface area contributed by atoms with Crippen molar-refractivity contribution < 1.29 is 29.1 Å². The van der Waals surface area contributed by atoms with Gasteiger partial charge >= 0.3 is 5.97 Å². The molecule has 1 fully saturated rings. The van der Waals surface area contributed by atoms with Gasteiger partial charge in [0.25, 0.3) is 0 Å². The van der Waals surface area contributed by atoms with Crippen molar-refractivity contribution in [1.29, 1.82) is 0 Å². The highest BCUT2D eigenvalue weighted by atomic mass is 16.4. The van der Waals surface area contributed by atoms with Gasteiger partial charge in [0.1, 0.15) is 18.1 Å². The van der Waals surface area contributed by atoms with Crippen LogP contribution in [0.25, 0.3) is 0 Å². The number of carbonyl (C=O) groups excluding carboxylic acids is 4. The Balaban J connectivity index is 2.97. The summed E-state index contributed by atoms with van der Waals surface area (Å²) in [5, 5.41) is 14.6. The van der Waals surface area contributed by atoms with Crippen LogP contribution in [-0.2, 0) is 24.0 Å². The Hall–Kier alpha value is -3.42. The molecule has 1 saturated heterocycles. The number of hydrogen-bond donors (Lipinski definition) is 7. The number of primary amides is 1. The lowest BCUT2D eigenvalue weighted by molar-refractivity contribution is -0.150. The summed E-state index contributed by atoms with van der Waals surface area (Å²) in [6.07, 6.45) is 1.26. The third-order valence-electron chi connectivity index (χ3n) is 5.67. The van der Waals surface area contributed by atoms with Crippen molar-refractivity contribution in [3.8, 4) is 0 Å². The first-order valence-corrected chi connectivity index (χ1v) is 11.6. The molecule has 4 amide bonds. The van der Waals surface area contributed by atoms with Gasteiger partial charge in [-0.15, -0.1) is 0 Å². The molecule has 35 heavy (non-hydrogen) atoms. The molecule has 1 heterocycles. The summed E-state index contributed by atoms with van der Waals surface area (Å²) in [5.41, 5.74) is 21.5. The van der Waals surface area contributed by atoms with Crippen molar-refractivity contribution in [2.75, 3.05) is 13.1 Å². The average molecular weight is 499 g/mol. The molecule has 0 aromatic heterocycles. The van der Waals surface area contributed by atoms with Gasteiger partial charge in [-0.3, -0.25) is 24.2 Å². The van der Waals surface area contributed by atoms with Gasteiger partial charge in [0.2, 0.25) is 23.6 Å². The van der Waals surface area contributed by atoms with E-state index in [1.54, 1.807) is 13.8 Å². The molecule has 1 rings (SSSR count). The van der Waals surface area contributed by atoms with E-state index in [-0.39, 0.29) is 44.2 Å². The highest BCUT2D eigenvalue weighted by Gasteiger charge is 2.39. The van der Waals surface area contributed by atoms with Crippen molar-refractivity contribution in [2.24, 2.45) is 33.8 Å². The van der Waals surface area contributed by atoms with Crippen LogP contribution >= 0.6 is 0 Å². The predicted molar refractivity (Wildman–Crippen MR) is 127 cm³/mol. The second-order valence-electron chi connectivity index (χ2n) is 8.88. The predicted octanol–water partition coefficient (Wildman–Crippen LogP) is -2.67. The lowest BCUT2D eigenvalue weighted by atomic mass is 10.0. The van der Waals surface area contributed by atoms with E-state index >= 15 is 0 Å². The first-order chi connectivity index (χ1) is 16.3. The summed E-state index contributed by atoms with van der Waals surface area (Å²) in [6.45, 7) is 3.93. The molecule has 198 valence electrons. The van der Waals surface area contributed by atoms with E-state index in [9.17, 15) is 29.1 Å². The summed E-state index contributed by atoms with van der Waals surface area (Å²) in [4.78, 5) is 66.4. The topological polar surface area (TPSA) is 249 Å². The fourth-order valence-corrected chi connectivity index (χ4v) is 3.71. The quantitative estimate of drug-likeness (QED) is 0.0748. The molecule has 1 aliphatic rings. The van der Waals surface area contributed by atoms with Crippen LogP contribution in [-0.4, -0.2) is 82.8 Å². The zero-order chi connectivity index (χ0) is 26.7.